The lowest BCUT2D eigenvalue weighted by Gasteiger charge is -2.48. The Morgan fingerprint density at radius 3 is 2.47 bits per heavy atom. The summed E-state index contributed by atoms with van der Waals surface area (Å²) in [5.41, 5.74) is 5.13. The largest absolute Gasteiger partial charge is 0.389 e. The van der Waals surface area contributed by atoms with Gasteiger partial charge in [-0.1, -0.05) is 6.92 Å². The van der Waals surface area contributed by atoms with Gasteiger partial charge in [-0.25, -0.2) is 0 Å². The fourth-order valence-corrected chi connectivity index (χ4v) is 3.32. The topological polar surface area (TPSA) is 58.7 Å². The summed E-state index contributed by atoms with van der Waals surface area (Å²) in [7, 11) is 0. The molecule has 0 aromatic heterocycles. The zero-order valence-electron chi connectivity index (χ0n) is 11.0. The van der Waals surface area contributed by atoms with Crippen molar-refractivity contribution < 1.29 is 9.84 Å². The first-order chi connectivity index (χ1) is 8.16. The highest BCUT2D eigenvalue weighted by Crippen LogP contribution is 2.44. The van der Waals surface area contributed by atoms with Crippen LogP contribution in [0.4, 0.5) is 0 Å². The van der Waals surface area contributed by atoms with E-state index in [0.29, 0.717) is 13.2 Å². The molecule has 2 fully saturated rings. The van der Waals surface area contributed by atoms with E-state index >= 15 is 0 Å². The molecule has 0 radical (unpaired) electrons. The molecule has 0 spiro atoms. The lowest BCUT2D eigenvalue weighted by molar-refractivity contribution is -0.118. The van der Waals surface area contributed by atoms with Crippen LogP contribution in [0.2, 0.25) is 0 Å². The predicted octanol–water partition coefficient (Wildman–Crippen LogP) is 0.589. The van der Waals surface area contributed by atoms with Crippen molar-refractivity contribution in [2.24, 2.45) is 11.1 Å². The number of likely N-dealkylation sites (tertiary alicyclic amines) is 1. The van der Waals surface area contributed by atoms with Crippen LogP contribution in [0.5, 0.6) is 0 Å². The molecule has 2 aliphatic rings. The quantitative estimate of drug-likeness (QED) is 0.757. The van der Waals surface area contributed by atoms with E-state index in [-0.39, 0.29) is 5.41 Å². The highest BCUT2D eigenvalue weighted by atomic mass is 16.5. The molecule has 17 heavy (non-hydrogen) atoms. The van der Waals surface area contributed by atoms with Gasteiger partial charge in [0.05, 0.1) is 12.2 Å². The van der Waals surface area contributed by atoms with Crippen molar-refractivity contribution in [1.82, 2.24) is 4.90 Å². The molecule has 0 aromatic rings. The molecule has 2 aliphatic heterocycles. The number of ether oxygens (including phenoxy) is 1. The molecular weight excluding hydrogens is 216 g/mol. The Morgan fingerprint density at radius 1 is 1.29 bits per heavy atom. The van der Waals surface area contributed by atoms with Gasteiger partial charge in [-0.2, -0.15) is 0 Å². The summed E-state index contributed by atoms with van der Waals surface area (Å²) in [6, 6.07) is 0. The summed E-state index contributed by atoms with van der Waals surface area (Å²) in [5, 5.41) is 10.9. The van der Waals surface area contributed by atoms with Crippen LogP contribution in [0, 0.1) is 5.41 Å². The molecule has 4 heteroatoms. The third-order valence-electron chi connectivity index (χ3n) is 4.70. The third kappa shape index (κ3) is 2.36. The predicted molar refractivity (Wildman–Crippen MR) is 67.8 cm³/mol. The van der Waals surface area contributed by atoms with Crippen LogP contribution in [-0.2, 0) is 4.74 Å². The van der Waals surface area contributed by atoms with Gasteiger partial charge in [0, 0.05) is 31.7 Å². The zero-order chi connectivity index (χ0) is 12.4. The number of nitrogens with zero attached hydrogens (tertiary/aromatic N) is 1. The van der Waals surface area contributed by atoms with E-state index in [9.17, 15) is 5.11 Å². The van der Waals surface area contributed by atoms with Crippen LogP contribution in [0.1, 0.15) is 32.6 Å². The van der Waals surface area contributed by atoms with Gasteiger partial charge in [0.1, 0.15) is 0 Å². The molecule has 2 saturated heterocycles. The van der Waals surface area contributed by atoms with Crippen molar-refractivity contribution in [2.45, 2.75) is 38.2 Å². The van der Waals surface area contributed by atoms with Gasteiger partial charge in [-0.3, -0.25) is 0 Å². The van der Waals surface area contributed by atoms with E-state index in [2.05, 4.69) is 11.8 Å². The summed E-state index contributed by atoms with van der Waals surface area (Å²) >= 11 is 0. The number of nitrogens with two attached hydrogens (primary N) is 1. The maximum Gasteiger partial charge on any atom is 0.0763 e. The number of piperidine rings is 1. The lowest BCUT2D eigenvalue weighted by Crippen LogP contribution is -2.58. The average molecular weight is 242 g/mol. The molecule has 2 rings (SSSR count). The molecule has 0 aromatic carbocycles. The minimum absolute atomic E-state index is 0.189. The smallest absolute Gasteiger partial charge is 0.0763 e. The Morgan fingerprint density at radius 2 is 2.00 bits per heavy atom. The van der Waals surface area contributed by atoms with Crippen molar-refractivity contribution in [1.29, 1.82) is 0 Å². The molecule has 4 nitrogen and oxygen atoms in total. The molecule has 0 saturated carbocycles. The third-order valence-corrected chi connectivity index (χ3v) is 4.70. The molecule has 0 aliphatic carbocycles. The minimum Gasteiger partial charge on any atom is -0.389 e. The molecule has 0 bridgehead atoms. The molecule has 0 amide bonds. The SMILES string of the molecule is CCCN1CCC(O)(C2(CN)CCOC2)CC1. The molecule has 1 unspecified atom stereocenters. The molecule has 1 atom stereocenters. The van der Waals surface area contributed by atoms with E-state index in [1.54, 1.807) is 0 Å². The van der Waals surface area contributed by atoms with Crippen molar-refractivity contribution in [2.75, 3.05) is 39.4 Å². The van der Waals surface area contributed by atoms with Crippen LogP contribution in [0.3, 0.4) is 0 Å². The molecule has 3 N–H and O–H groups in total. The van der Waals surface area contributed by atoms with Crippen molar-refractivity contribution in [3.8, 4) is 0 Å². The Kier molecular flexibility index (Phi) is 4.08. The normalized spacial score (nSPS) is 34.1. The van der Waals surface area contributed by atoms with Crippen LogP contribution >= 0.6 is 0 Å². The van der Waals surface area contributed by atoms with Gasteiger partial charge in [0.2, 0.25) is 0 Å². The monoisotopic (exact) mass is 242 g/mol. The highest BCUT2D eigenvalue weighted by Gasteiger charge is 2.52. The van der Waals surface area contributed by atoms with Crippen LogP contribution in [0.25, 0.3) is 0 Å². The van der Waals surface area contributed by atoms with Gasteiger partial charge in [-0.15, -0.1) is 0 Å². The lowest BCUT2D eigenvalue weighted by atomic mass is 9.66. The fourth-order valence-electron chi connectivity index (χ4n) is 3.32. The van der Waals surface area contributed by atoms with E-state index in [0.717, 1.165) is 45.5 Å². The molecule has 100 valence electrons. The summed E-state index contributed by atoms with van der Waals surface area (Å²) in [6.07, 6.45) is 3.78. The van der Waals surface area contributed by atoms with Crippen LogP contribution < -0.4 is 5.73 Å². The second-order valence-corrected chi connectivity index (χ2v) is 5.66. The molecule has 2 heterocycles. The number of hydrogen-bond donors (Lipinski definition) is 2. The van der Waals surface area contributed by atoms with Gasteiger partial charge in [0.25, 0.3) is 0 Å². The summed E-state index contributed by atoms with van der Waals surface area (Å²) in [4.78, 5) is 2.44. The van der Waals surface area contributed by atoms with Crippen molar-refractivity contribution in [3.63, 3.8) is 0 Å². The standard InChI is InChI=1S/C13H26N2O2/c1-2-6-15-7-3-13(16,4-8-15)12(10-14)5-9-17-11-12/h16H,2-11,14H2,1H3. The van der Waals surface area contributed by atoms with Gasteiger partial charge < -0.3 is 20.5 Å². The van der Waals surface area contributed by atoms with Gasteiger partial charge in [-0.05, 0) is 32.2 Å². The van der Waals surface area contributed by atoms with E-state index in [4.69, 9.17) is 10.5 Å². The highest BCUT2D eigenvalue weighted by molar-refractivity contribution is 5.04. The Labute approximate surface area is 104 Å². The Hall–Kier alpha value is -0.160. The second kappa shape index (κ2) is 5.22. The van der Waals surface area contributed by atoms with Gasteiger partial charge in [0.15, 0.2) is 0 Å². The van der Waals surface area contributed by atoms with E-state index < -0.39 is 5.60 Å². The Balaban J connectivity index is 2.00. The minimum atomic E-state index is -0.609. The first kappa shape index (κ1) is 13.3. The summed E-state index contributed by atoms with van der Waals surface area (Å²) in [5.74, 6) is 0. The maximum absolute atomic E-state index is 10.9. The van der Waals surface area contributed by atoms with Crippen molar-refractivity contribution >= 4 is 0 Å². The number of aliphatic hydroxyl groups is 1. The van der Waals surface area contributed by atoms with Gasteiger partial charge >= 0.3 is 0 Å². The zero-order valence-corrected chi connectivity index (χ0v) is 11.0. The summed E-state index contributed by atoms with van der Waals surface area (Å²) in [6.45, 7) is 7.25. The van der Waals surface area contributed by atoms with E-state index in [1.165, 1.54) is 6.42 Å². The average Bonchev–Trinajstić information content (AvgIpc) is 2.83. The fraction of sp³-hybridized carbons (Fsp3) is 1.00. The van der Waals surface area contributed by atoms with Crippen LogP contribution in [-0.4, -0.2) is 55.0 Å². The van der Waals surface area contributed by atoms with E-state index in [1.807, 2.05) is 0 Å². The summed E-state index contributed by atoms with van der Waals surface area (Å²) < 4.78 is 5.49. The van der Waals surface area contributed by atoms with Crippen molar-refractivity contribution in [3.05, 3.63) is 0 Å². The molecular formula is C13H26N2O2. The number of rotatable bonds is 4. The second-order valence-electron chi connectivity index (χ2n) is 5.66. The maximum atomic E-state index is 10.9. The Bertz CT molecular complexity index is 244. The first-order valence-electron chi connectivity index (χ1n) is 6.88. The number of hydrogen-bond acceptors (Lipinski definition) is 4. The first-order valence-corrected chi connectivity index (χ1v) is 6.88. The van der Waals surface area contributed by atoms with Crippen LogP contribution in [0.15, 0.2) is 0 Å².